The third kappa shape index (κ3) is 5.33. The molecule has 120 valence electrons. The van der Waals surface area contributed by atoms with Crippen LogP contribution in [0.4, 0.5) is 8.78 Å². The van der Waals surface area contributed by atoms with Crippen molar-refractivity contribution in [3.8, 4) is 0 Å². The number of alkyl halides is 2. The summed E-state index contributed by atoms with van der Waals surface area (Å²) in [7, 11) is -3.92. The number of hydrogen-bond donors (Lipinski definition) is 2. The molecule has 0 aliphatic heterocycles. The molecule has 0 saturated heterocycles. The molecule has 2 N–H and O–H groups in total. The molecular formula is C14H22F2N2O2S. The molecule has 1 aromatic rings. The van der Waals surface area contributed by atoms with E-state index >= 15 is 0 Å². The number of hydrogen-bond acceptors (Lipinski definition) is 3. The molecule has 0 heterocycles. The zero-order chi connectivity index (χ0) is 16.2. The SMILES string of the molecule is Cc1cc(C)c(S(=O)(=O)NCC(F)F)cc1CNC(C)C. The van der Waals surface area contributed by atoms with E-state index < -0.39 is 23.0 Å². The number of nitrogens with one attached hydrogen (secondary N) is 2. The summed E-state index contributed by atoms with van der Waals surface area (Å²) in [5, 5.41) is 3.22. The molecule has 0 unspecified atom stereocenters. The molecule has 1 aromatic carbocycles. The average molecular weight is 320 g/mol. The Morgan fingerprint density at radius 2 is 1.76 bits per heavy atom. The molecule has 7 heteroatoms. The third-order valence-corrected chi connectivity index (χ3v) is 4.62. The minimum absolute atomic E-state index is 0.0503. The Balaban J connectivity index is 3.09. The molecule has 0 bridgehead atoms. The predicted molar refractivity (Wildman–Crippen MR) is 79.1 cm³/mol. The number of aryl methyl sites for hydroxylation is 2. The van der Waals surface area contributed by atoms with Gasteiger partial charge in [0.25, 0.3) is 6.43 Å². The predicted octanol–water partition coefficient (Wildman–Crippen LogP) is 2.34. The summed E-state index contributed by atoms with van der Waals surface area (Å²) in [6, 6.07) is 3.57. The first-order chi connectivity index (χ1) is 9.63. The Bertz CT molecular complexity index is 587. The Hall–Kier alpha value is -1.05. The van der Waals surface area contributed by atoms with Gasteiger partial charge in [-0.15, -0.1) is 0 Å². The molecule has 0 aromatic heterocycles. The van der Waals surface area contributed by atoms with Crippen molar-refractivity contribution in [3.63, 3.8) is 0 Å². The standard InChI is InChI=1S/C14H22F2N2O2S/c1-9(2)17-7-12-6-13(11(4)5-10(12)3)21(19,20)18-8-14(15)16/h5-6,9,14,17-18H,7-8H2,1-4H3. The molecular weight excluding hydrogens is 298 g/mol. The fourth-order valence-corrected chi connectivity index (χ4v) is 3.20. The maximum Gasteiger partial charge on any atom is 0.251 e. The molecule has 0 spiro atoms. The summed E-state index contributed by atoms with van der Waals surface area (Å²) in [6.07, 6.45) is -2.72. The zero-order valence-electron chi connectivity index (χ0n) is 12.7. The van der Waals surface area contributed by atoms with Crippen LogP contribution in [0, 0.1) is 13.8 Å². The molecule has 4 nitrogen and oxygen atoms in total. The van der Waals surface area contributed by atoms with Crippen molar-refractivity contribution in [2.45, 2.75) is 51.6 Å². The van der Waals surface area contributed by atoms with Crippen LogP contribution >= 0.6 is 0 Å². The van der Waals surface area contributed by atoms with E-state index in [2.05, 4.69) is 5.32 Å². The fourth-order valence-electron chi connectivity index (χ4n) is 1.92. The van der Waals surface area contributed by atoms with Gasteiger partial charge in [-0.2, -0.15) is 0 Å². The molecule has 21 heavy (non-hydrogen) atoms. The molecule has 0 radical (unpaired) electrons. The minimum atomic E-state index is -3.92. The normalized spacial score (nSPS) is 12.4. The van der Waals surface area contributed by atoms with Crippen molar-refractivity contribution in [1.29, 1.82) is 0 Å². The molecule has 0 aliphatic rings. The lowest BCUT2D eigenvalue weighted by atomic mass is 10.1. The molecule has 0 atom stereocenters. The van der Waals surface area contributed by atoms with Gasteiger partial charge in [-0.3, -0.25) is 0 Å². The Morgan fingerprint density at radius 1 is 1.14 bits per heavy atom. The lowest BCUT2D eigenvalue weighted by Crippen LogP contribution is -2.29. The lowest BCUT2D eigenvalue weighted by Gasteiger charge is -2.15. The number of sulfonamides is 1. The average Bonchev–Trinajstić information content (AvgIpc) is 2.35. The van der Waals surface area contributed by atoms with E-state index in [4.69, 9.17) is 0 Å². The second-order valence-electron chi connectivity index (χ2n) is 5.32. The van der Waals surface area contributed by atoms with Crippen LogP contribution in [0.3, 0.4) is 0 Å². The largest absolute Gasteiger partial charge is 0.310 e. The first-order valence-corrected chi connectivity index (χ1v) is 8.23. The van der Waals surface area contributed by atoms with Gasteiger partial charge in [-0.05, 0) is 36.6 Å². The van der Waals surface area contributed by atoms with Crippen LogP contribution in [0.5, 0.6) is 0 Å². The maximum absolute atomic E-state index is 12.2. The van der Waals surface area contributed by atoms with Crippen molar-refractivity contribution in [2.24, 2.45) is 0 Å². The van der Waals surface area contributed by atoms with Crippen molar-refractivity contribution in [2.75, 3.05) is 6.54 Å². The van der Waals surface area contributed by atoms with Crippen LogP contribution in [-0.2, 0) is 16.6 Å². The van der Waals surface area contributed by atoms with Gasteiger partial charge in [-0.1, -0.05) is 19.9 Å². The van der Waals surface area contributed by atoms with Crippen molar-refractivity contribution in [1.82, 2.24) is 10.0 Å². The van der Waals surface area contributed by atoms with Crippen LogP contribution in [0.25, 0.3) is 0 Å². The first kappa shape index (κ1) is 18.0. The van der Waals surface area contributed by atoms with Crippen molar-refractivity contribution < 1.29 is 17.2 Å². The second-order valence-corrected chi connectivity index (χ2v) is 7.06. The highest BCUT2D eigenvalue weighted by Gasteiger charge is 2.20. The van der Waals surface area contributed by atoms with E-state index in [1.807, 2.05) is 25.5 Å². The van der Waals surface area contributed by atoms with E-state index in [-0.39, 0.29) is 10.9 Å². The van der Waals surface area contributed by atoms with Gasteiger partial charge in [0.15, 0.2) is 0 Å². The number of halogens is 2. The van der Waals surface area contributed by atoms with E-state index in [0.717, 1.165) is 11.1 Å². The monoisotopic (exact) mass is 320 g/mol. The van der Waals surface area contributed by atoms with E-state index in [1.54, 1.807) is 19.1 Å². The summed E-state index contributed by atoms with van der Waals surface area (Å²) in [5.41, 5.74) is 2.35. The third-order valence-electron chi connectivity index (χ3n) is 3.05. The van der Waals surface area contributed by atoms with Gasteiger partial charge in [0.2, 0.25) is 10.0 Å². The molecule has 0 fully saturated rings. The smallest absolute Gasteiger partial charge is 0.251 e. The summed E-state index contributed by atoms with van der Waals surface area (Å²) < 4.78 is 50.5. The van der Waals surface area contributed by atoms with Gasteiger partial charge in [0, 0.05) is 12.6 Å². The topological polar surface area (TPSA) is 58.2 Å². The van der Waals surface area contributed by atoms with Gasteiger partial charge in [-0.25, -0.2) is 21.9 Å². The van der Waals surface area contributed by atoms with Crippen LogP contribution in [0.2, 0.25) is 0 Å². The van der Waals surface area contributed by atoms with Crippen molar-refractivity contribution in [3.05, 3.63) is 28.8 Å². The van der Waals surface area contributed by atoms with Crippen LogP contribution in [0.1, 0.15) is 30.5 Å². The van der Waals surface area contributed by atoms with Crippen LogP contribution in [0.15, 0.2) is 17.0 Å². The van der Waals surface area contributed by atoms with Gasteiger partial charge < -0.3 is 5.32 Å². The Kier molecular flexibility index (Phi) is 6.24. The molecule has 0 aliphatic carbocycles. The zero-order valence-corrected chi connectivity index (χ0v) is 13.5. The summed E-state index contributed by atoms with van der Waals surface area (Å²) >= 11 is 0. The molecule has 0 amide bonds. The summed E-state index contributed by atoms with van der Waals surface area (Å²) in [6.45, 7) is 7.18. The van der Waals surface area contributed by atoms with Crippen molar-refractivity contribution >= 4 is 10.0 Å². The van der Waals surface area contributed by atoms with Gasteiger partial charge >= 0.3 is 0 Å². The molecule has 1 rings (SSSR count). The minimum Gasteiger partial charge on any atom is -0.310 e. The Morgan fingerprint density at radius 3 is 2.29 bits per heavy atom. The number of benzene rings is 1. The highest BCUT2D eigenvalue weighted by atomic mass is 32.2. The Labute approximate surface area is 125 Å². The number of rotatable bonds is 7. The van der Waals surface area contributed by atoms with E-state index in [1.165, 1.54) is 0 Å². The molecule has 0 saturated carbocycles. The summed E-state index contributed by atoms with van der Waals surface area (Å²) in [4.78, 5) is 0.0503. The van der Waals surface area contributed by atoms with Crippen LogP contribution in [-0.4, -0.2) is 27.4 Å². The maximum atomic E-state index is 12.2. The van der Waals surface area contributed by atoms with E-state index in [9.17, 15) is 17.2 Å². The quantitative estimate of drug-likeness (QED) is 0.811. The summed E-state index contributed by atoms with van der Waals surface area (Å²) in [5.74, 6) is 0. The first-order valence-electron chi connectivity index (χ1n) is 6.75. The highest BCUT2D eigenvalue weighted by Crippen LogP contribution is 2.20. The lowest BCUT2D eigenvalue weighted by molar-refractivity contribution is 0.153. The second kappa shape index (κ2) is 7.29. The van der Waals surface area contributed by atoms with Crippen LogP contribution < -0.4 is 10.0 Å². The van der Waals surface area contributed by atoms with E-state index in [0.29, 0.717) is 12.1 Å². The van der Waals surface area contributed by atoms with Gasteiger partial charge in [0.05, 0.1) is 11.4 Å². The highest BCUT2D eigenvalue weighted by molar-refractivity contribution is 7.89. The van der Waals surface area contributed by atoms with Gasteiger partial charge in [0.1, 0.15) is 0 Å². The fraction of sp³-hybridized carbons (Fsp3) is 0.571.